The fraction of sp³-hybridized carbons (Fsp3) is 0.286. The molecule has 1 unspecified atom stereocenters. The number of thioether (sulfide) groups is 1. The average molecular weight is 330 g/mol. The molecule has 3 rings (SSSR count). The minimum atomic E-state index is -0.822. The van der Waals surface area contributed by atoms with E-state index in [1.165, 1.54) is 11.8 Å². The molecule has 21 heavy (non-hydrogen) atoms. The van der Waals surface area contributed by atoms with Gasteiger partial charge in [-0.25, -0.2) is 4.79 Å². The molecule has 2 heterocycles. The van der Waals surface area contributed by atoms with Gasteiger partial charge in [-0.1, -0.05) is 30.4 Å². The third-order valence-corrected chi connectivity index (χ3v) is 5.02. The Kier molecular flexibility index (Phi) is 5.38. The van der Waals surface area contributed by atoms with E-state index in [9.17, 15) is 9.90 Å². The molecule has 1 aliphatic heterocycles. The zero-order valence-corrected chi connectivity index (χ0v) is 12.6. The summed E-state index contributed by atoms with van der Waals surface area (Å²) in [6.45, 7) is 0.528. The number of hydrogen-bond acceptors (Lipinski definition) is 3. The number of thiocarbonyl (C=S) groups is 1. The van der Waals surface area contributed by atoms with Crippen LogP contribution in [0.1, 0.15) is 11.3 Å². The maximum atomic E-state index is 11.5. The summed E-state index contributed by atoms with van der Waals surface area (Å²) in [5.74, 6) is -0.822. The molecular weight excluding hydrogens is 315 g/mol. The molecule has 1 atom stereocenters. The van der Waals surface area contributed by atoms with Crippen molar-refractivity contribution < 1.29 is 9.90 Å². The number of aromatic nitrogens is 1. The molecule has 4 nitrogen and oxygen atoms in total. The number of H-pyrrole nitrogens is 1. The first kappa shape index (κ1) is 16.8. The van der Waals surface area contributed by atoms with E-state index in [1.54, 1.807) is 4.90 Å². The molecule has 0 amide bonds. The second-order valence-electron chi connectivity index (χ2n) is 4.78. The number of fused-ring (bicyclic) bond motifs is 3. The van der Waals surface area contributed by atoms with Gasteiger partial charge in [0.15, 0.2) is 0 Å². The molecular formula is C14H15N2NaO2S2. The predicted octanol–water partition coefficient (Wildman–Crippen LogP) is 1.98. The monoisotopic (exact) mass is 330 g/mol. The van der Waals surface area contributed by atoms with E-state index in [1.807, 2.05) is 30.5 Å². The predicted molar refractivity (Wildman–Crippen MR) is 92.2 cm³/mol. The number of aliphatic carboxylic acids is 1. The van der Waals surface area contributed by atoms with Gasteiger partial charge in [0.2, 0.25) is 0 Å². The van der Waals surface area contributed by atoms with Gasteiger partial charge in [-0.15, -0.1) is 11.8 Å². The molecule has 0 radical (unpaired) electrons. The second-order valence-corrected chi connectivity index (χ2v) is 6.22. The zero-order valence-electron chi connectivity index (χ0n) is 10.9. The molecule has 1 aromatic carbocycles. The number of carboxylic acids is 1. The van der Waals surface area contributed by atoms with E-state index in [-0.39, 0.29) is 29.6 Å². The standard InChI is InChI=1S/C14H14N2O2S2.Na.H/c1-20-14(19)16-7-11-9(6-12(16)13(17)18)8-4-2-3-5-10(8)15-11;;/h2-5,12,15H,6-7H2,1H3,(H,17,18);;. The Morgan fingerprint density at radius 3 is 2.86 bits per heavy atom. The number of para-hydroxylation sites is 1. The molecule has 0 spiro atoms. The van der Waals surface area contributed by atoms with Gasteiger partial charge in [0, 0.05) is 23.0 Å². The van der Waals surface area contributed by atoms with Crippen LogP contribution in [-0.2, 0) is 17.8 Å². The van der Waals surface area contributed by atoms with Gasteiger partial charge in [-0.2, -0.15) is 0 Å². The summed E-state index contributed by atoms with van der Waals surface area (Å²) in [6, 6.07) is 7.42. The first-order chi connectivity index (χ1) is 9.61. The van der Waals surface area contributed by atoms with Crippen molar-refractivity contribution >= 4 is 74.7 Å². The molecule has 1 aromatic heterocycles. The number of carboxylic acid groups (broad SMARTS) is 1. The van der Waals surface area contributed by atoms with Gasteiger partial charge in [-0.3, -0.25) is 0 Å². The molecule has 0 saturated carbocycles. The van der Waals surface area contributed by atoms with Crippen LogP contribution in [0.3, 0.4) is 0 Å². The van der Waals surface area contributed by atoms with Crippen molar-refractivity contribution in [2.45, 2.75) is 19.0 Å². The molecule has 0 fully saturated rings. The van der Waals surface area contributed by atoms with Crippen LogP contribution >= 0.6 is 24.0 Å². The third kappa shape index (κ3) is 3.00. The number of aromatic amines is 1. The molecule has 7 heteroatoms. The number of nitrogens with zero attached hydrogens (tertiary/aromatic N) is 1. The number of carbonyl (C=O) groups is 1. The number of hydrogen-bond donors (Lipinski definition) is 2. The van der Waals surface area contributed by atoms with Gasteiger partial charge in [-0.05, 0) is 17.9 Å². The number of nitrogens with one attached hydrogen (secondary N) is 1. The SMILES string of the molecule is CSC(=S)N1Cc2[nH]c3ccccc3c2CC1C(=O)O.[NaH]. The van der Waals surface area contributed by atoms with Crippen LogP contribution < -0.4 is 0 Å². The summed E-state index contributed by atoms with van der Waals surface area (Å²) < 4.78 is 0.627. The molecule has 2 aromatic rings. The summed E-state index contributed by atoms with van der Waals surface area (Å²) in [7, 11) is 0. The van der Waals surface area contributed by atoms with Crippen LogP contribution in [0.4, 0.5) is 0 Å². The van der Waals surface area contributed by atoms with Crippen LogP contribution in [0, 0.1) is 0 Å². The summed E-state index contributed by atoms with van der Waals surface area (Å²) in [5, 5.41) is 10.6. The quantitative estimate of drug-likeness (QED) is 0.618. The third-order valence-electron chi connectivity index (χ3n) is 3.70. The van der Waals surface area contributed by atoms with Crippen molar-refractivity contribution in [3.63, 3.8) is 0 Å². The fourth-order valence-corrected chi connectivity index (χ4v) is 3.36. The maximum absolute atomic E-state index is 11.5. The molecule has 1 aliphatic rings. The summed E-state index contributed by atoms with van der Waals surface area (Å²) in [4.78, 5) is 16.7. The second kappa shape index (κ2) is 6.71. The van der Waals surface area contributed by atoms with E-state index < -0.39 is 12.0 Å². The Balaban J connectivity index is 0.00000161. The van der Waals surface area contributed by atoms with Gasteiger partial charge < -0.3 is 15.0 Å². The van der Waals surface area contributed by atoms with E-state index in [0.29, 0.717) is 17.3 Å². The summed E-state index contributed by atoms with van der Waals surface area (Å²) >= 11 is 6.71. The molecule has 2 N–H and O–H groups in total. The van der Waals surface area contributed by atoms with Crippen molar-refractivity contribution in [2.24, 2.45) is 0 Å². The van der Waals surface area contributed by atoms with Crippen molar-refractivity contribution in [2.75, 3.05) is 6.26 Å². The van der Waals surface area contributed by atoms with Crippen molar-refractivity contribution in [3.05, 3.63) is 35.5 Å². The van der Waals surface area contributed by atoms with E-state index in [2.05, 4.69) is 4.98 Å². The van der Waals surface area contributed by atoms with E-state index in [0.717, 1.165) is 22.2 Å². The van der Waals surface area contributed by atoms with Crippen LogP contribution in [-0.4, -0.2) is 67.1 Å². The molecule has 0 bridgehead atoms. The van der Waals surface area contributed by atoms with Gasteiger partial charge in [0.1, 0.15) is 10.4 Å². The number of rotatable bonds is 1. The van der Waals surface area contributed by atoms with Gasteiger partial charge in [0.25, 0.3) is 0 Å². The van der Waals surface area contributed by atoms with E-state index >= 15 is 0 Å². The van der Waals surface area contributed by atoms with Crippen molar-refractivity contribution in [1.29, 1.82) is 0 Å². The zero-order chi connectivity index (χ0) is 14.3. The van der Waals surface area contributed by atoms with Crippen molar-refractivity contribution in [3.8, 4) is 0 Å². The molecule has 0 saturated heterocycles. The molecule has 106 valence electrons. The number of benzene rings is 1. The Morgan fingerprint density at radius 1 is 1.48 bits per heavy atom. The first-order valence-electron chi connectivity index (χ1n) is 6.27. The average Bonchev–Trinajstić information content (AvgIpc) is 2.82. The Morgan fingerprint density at radius 2 is 2.19 bits per heavy atom. The Hall–Kier alpha value is -0.530. The van der Waals surface area contributed by atoms with Crippen LogP contribution in [0.2, 0.25) is 0 Å². The van der Waals surface area contributed by atoms with Crippen LogP contribution in [0.25, 0.3) is 10.9 Å². The van der Waals surface area contributed by atoms with Crippen molar-refractivity contribution in [1.82, 2.24) is 9.88 Å². The van der Waals surface area contributed by atoms with Crippen LogP contribution in [0.5, 0.6) is 0 Å². The normalized spacial score (nSPS) is 17.2. The Labute approximate surface area is 154 Å². The topological polar surface area (TPSA) is 56.3 Å². The van der Waals surface area contributed by atoms with Crippen LogP contribution in [0.15, 0.2) is 24.3 Å². The van der Waals surface area contributed by atoms with E-state index in [4.69, 9.17) is 12.2 Å². The van der Waals surface area contributed by atoms with Gasteiger partial charge >= 0.3 is 35.5 Å². The first-order valence-corrected chi connectivity index (χ1v) is 7.91. The Bertz CT molecular complexity index is 701. The summed E-state index contributed by atoms with van der Waals surface area (Å²) in [5.41, 5.74) is 3.23. The summed E-state index contributed by atoms with van der Waals surface area (Å²) in [6.07, 6.45) is 2.36. The fourth-order valence-electron chi connectivity index (χ4n) is 2.74. The minimum absolute atomic E-state index is 0. The van der Waals surface area contributed by atoms with Gasteiger partial charge in [0.05, 0.1) is 6.54 Å². The molecule has 0 aliphatic carbocycles.